The van der Waals surface area contributed by atoms with Crippen LogP contribution in [0.5, 0.6) is 0 Å². The van der Waals surface area contributed by atoms with Gasteiger partial charge in [-0.25, -0.2) is 0 Å². The molecule has 7 heteroatoms. The number of aromatic amines is 1. The molecular formula is C18H22N4O3. The maximum absolute atomic E-state index is 12.4. The second-order valence-corrected chi connectivity index (χ2v) is 6.40. The highest BCUT2D eigenvalue weighted by Gasteiger charge is 2.28. The Morgan fingerprint density at radius 1 is 1.36 bits per heavy atom. The van der Waals surface area contributed by atoms with E-state index in [9.17, 15) is 14.4 Å². The quantitative estimate of drug-likeness (QED) is 0.739. The Morgan fingerprint density at radius 3 is 2.88 bits per heavy atom. The Bertz CT molecular complexity index is 874. The van der Waals surface area contributed by atoms with Gasteiger partial charge in [-0.05, 0) is 38.1 Å². The molecule has 0 aliphatic carbocycles. The van der Waals surface area contributed by atoms with Crippen LogP contribution in [0.4, 0.5) is 0 Å². The van der Waals surface area contributed by atoms with Crippen LogP contribution in [0.3, 0.4) is 0 Å². The zero-order valence-electron chi connectivity index (χ0n) is 14.2. The number of hydrogen-bond donors (Lipinski definition) is 3. The minimum absolute atomic E-state index is 0.00486. The lowest BCUT2D eigenvalue weighted by atomic mass is 10.1. The number of amides is 2. The van der Waals surface area contributed by atoms with Crippen molar-refractivity contribution in [3.05, 3.63) is 45.7 Å². The van der Waals surface area contributed by atoms with Crippen LogP contribution >= 0.6 is 0 Å². The molecule has 1 aromatic carbocycles. The molecule has 1 atom stereocenters. The number of likely N-dealkylation sites (tertiary alicyclic amines) is 1. The summed E-state index contributed by atoms with van der Waals surface area (Å²) in [6.45, 7) is 4.64. The first-order valence-corrected chi connectivity index (χ1v) is 8.43. The van der Waals surface area contributed by atoms with Crippen LogP contribution in [-0.4, -0.2) is 41.3 Å². The average molecular weight is 342 g/mol. The topological polar surface area (TPSA) is 108 Å². The molecule has 2 heterocycles. The molecule has 132 valence electrons. The number of pyridine rings is 1. The van der Waals surface area contributed by atoms with Gasteiger partial charge in [0.2, 0.25) is 11.8 Å². The van der Waals surface area contributed by atoms with Crippen molar-refractivity contribution >= 4 is 22.7 Å². The Kier molecular flexibility index (Phi) is 4.85. The lowest BCUT2D eigenvalue weighted by Gasteiger charge is -2.16. The van der Waals surface area contributed by atoms with Crippen molar-refractivity contribution in [2.75, 3.05) is 19.6 Å². The highest BCUT2D eigenvalue weighted by molar-refractivity contribution is 5.96. The van der Waals surface area contributed by atoms with E-state index >= 15 is 0 Å². The molecule has 0 bridgehead atoms. The normalized spacial score (nSPS) is 17.7. The van der Waals surface area contributed by atoms with Crippen LogP contribution in [0, 0.1) is 5.92 Å². The van der Waals surface area contributed by atoms with Gasteiger partial charge in [0.15, 0.2) is 5.43 Å². The molecular weight excluding hydrogens is 320 g/mol. The molecule has 1 aliphatic rings. The highest BCUT2D eigenvalue weighted by Crippen LogP contribution is 2.19. The number of carbonyl (C=O) groups is 2. The first-order valence-electron chi connectivity index (χ1n) is 8.43. The van der Waals surface area contributed by atoms with Crippen molar-refractivity contribution in [3.8, 4) is 0 Å². The molecule has 0 saturated carbocycles. The van der Waals surface area contributed by atoms with Crippen molar-refractivity contribution < 1.29 is 9.59 Å². The first kappa shape index (κ1) is 17.2. The zero-order chi connectivity index (χ0) is 18.0. The summed E-state index contributed by atoms with van der Waals surface area (Å²) in [6.07, 6.45) is 0.825. The van der Waals surface area contributed by atoms with E-state index in [0.717, 1.165) is 18.7 Å². The number of primary amides is 1. The summed E-state index contributed by atoms with van der Waals surface area (Å²) in [5.41, 5.74) is 6.90. The number of hydrogen-bond acceptors (Lipinski definition) is 4. The Hall–Kier alpha value is -2.67. The van der Waals surface area contributed by atoms with Gasteiger partial charge in [-0.3, -0.25) is 19.3 Å². The van der Waals surface area contributed by atoms with Crippen molar-refractivity contribution in [2.45, 2.75) is 19.9 Å². The number of carbonyl (C=O) groups excluding carboxylic acids is 2. The summed E-state index contributed by atoms with van der Waals surface area (Å²) >= 11 is 0. The summed E-state index contributed by atoms with van der Waals surface area (Å²) < 4.78 is 0. The molecule has 4 N–H and O–H groups in total. The smallest absolute Gasteiger partial charge is 0.248 e. The second-order valence-electron chi connectivity index (χ2n) is 6.40. The number of nitrogens with one attached hydrogen (secondary N) is 2. The zero-order valence-corrected chi connectivity index (χ0v) is 14.2. The molecule has 0 spiro atoms. The standard InChI is InChI=1S/C18H22N4O3/c1-2-20-18(25)12-5-6-22(9-12)10-13-8-16(23)14-7-11(17(19)24)3-4-15(14)21-13/h3-4,7-8,12H,2,5-6,9-10H2,1H3,(H2,19,24)(H,20,25)(H,21,23). The number of H-pyrrole nitrogens is 1. The first-order chi connectivity index (χ1) is 12.0. The van der Waals surface area contributed by atoms with Crippen LogP contribution in [0.25, 0.3) is 10.9 Å². The number of nitrogens with zero attached hydrogens (tertiary/aromatic N) is 1. The van der Waals surface area contributed by atoms with Crippen LogP contribution in [-0.2, 0) is 11.3 Å². The van der Waals surface area contributed by atoms with Crippen LogP contribution in [0.15, 0.2) is 29.1 Å². The Morgan fingerprint density at radius 2 is 2.16 bits per heavy atom. The van der Waals surface area contributed by atoms with Gasteiger partial charge in [-0.15, -0.1) is 0 Å². The van der Waals surface area contributed by atoms with Crippen molar-refractivity contribution in [1.29, 1.82) is 0 Å². The minimum Gasteiger partial charge on any atom is -0.366 e. The summed E-state index contributed by atoms with van der Waals surface area (Å²) in [4.78, 5) is 40.9. The van der Waals surface area contributed by atoms with Crippen LogP contribution in [0.1, 0.15) is 29.4 Å². The van der Waals surface area contributed by atoms with Crippen LogP contribution < -0.4 is 16.5 Å². The largest absolute Gasteiger partial charge is 0.366 e. The average Bonchev–Trinajstić information content (AvgIpc) is 3.03. The fraction of sp³-hybridized carbons (Fsp3) is 0.389. The van der Waals surface area contributed by atoms with E-state index in [0.29, 0.717) is 36.1 Å². The number of nitrogens with two attached hydrogens (primary N) is 1. The third kappa shape index (κ3) is 3.71. The molecule has 1 aromatic heterocycles. The molecule has 1 aliphatic heterocycles. The molecule has 2 amide bonds. The van der Waals surface area contributed by atoms with E-state index in [1.165, 1.54) is 6.07 Å². The molecule has 1 saturated heterocycles. The fourth-order valence-corrected chi connectivity index (χ4v) is 3.29. The van der Waals surface area contributed by atoms with Gasteiger partial charge >= 0.3 is 0 Å². The number of fused-ring (bicyclic) bond motifs is 1. The van der Waals surface area contributed by atoms with Gasteiger partial charge < -0.3 is 16.0 Å². The number of rotatable bonds is 5. The second kappa shape index (κ2) is 7.06. The minimum atomic E-state index is -0.557. The molecule has 3 rings (SSSR count). The third-order valence-corrected chi connectivity index (χ3v) is 4.56. The Labute approximate surface area is 145 Å². The fourth-order valence-electron chi connectivity index (χ4n) is 3.29. The van der Waals surface area contributed by atoms with E-state index in [2.05, 4.69) is 15.2 Å². The monoisotopic (exact) mass is 342 g/mol. The Balaban J connectivity index is 1.77. The summed E-state index contributed by atoms with van der Waals surface area (Å²) in [5, 5.41) is 3.30. The molecule has 7 nitrogen and oxygen atoms in total. The summed E-state index contributed by atoms with van der Waals surface area (Å²) in [7, 11) is 0. The van der Waals surface area contributed by atoms with Gasteiger partial charge in [0, 0.05) is 47.9 Å². The predicted molar refractivity (Wildman–Crippen MR) is 95.2 cm³/mol. The van der Waals surface area contributed by atoms with Gasteiger partial charge in [-0.2, -0.15) is 0 Å². The van der Waals surface area contributed by atoms with Crippen molar-refractivity contribution in [1.82, 2.24) is 15.2 Å². The highest BCUT2D eigenvalue weighted by atomic mass is 16.2. The molecule has 25 heavy (non-hydrogen) atoms. The predicted octanol–water partition coefficient (Wildman–Crippen LogP) is 0.585. The van der Waals surface area contributed by atoms with E-state index < -0.39 is 5.91 Å². The van der Waals surface area contributed by atoms with Gasteiger partial charge in [0.05, 0.1) is 5.92 Å². The van der Waals surface area contributed by atoms with E-state index in [1.54, 1.807) is 18.2 Å². The molecule has 1 fully saturated rings. The molecule has 2 aromatic rings. The molecule has 0 radical (unpaired) electrons. The van der Waals surface area contributed by atoms with Gasteiger partial charge in [-0.1, -0.05) is 0 Å². The molecule has 1 unspecified atom stereocenters. The number of aromatic nitrogens is 1. The third-order valence-electron chi connectivity index (χ3n) is 4.56. The lowest BCUT2D eigenvalue weighted by Crippen LogP contribution is -2.32. The van der Waals surface area contributed by atoms with E-state index in [-0.39, 0.29) is 17.3 Å². The SMILES string of the molecule is CCNC(=O)C1CCN(Cc2cc(=O)c3cc(C(N)=O)ccc3[nH]2)C1. The maximum atomic E-state index is 12.4. The summed E-state index contributed by atoms with van der Waals surface area (Å²) in [5.74, 6) is -0.458. The van der Waals surface area contributed by atoms with E-state index in [1.807, 2.05) is 6.92 Å². The van der Waals surface area contributed by atoms with E-state index in [4.69, 9.17) is 5.73 Å². The van der Waals surface area contributed by atoms with Crippen LogP contribution in [0.2, 0.25) is 0 Å². The lowest BCUT2D eigenvalue weighted by molar-refractivity contribution is -0.124. The maximum Gasteiger partial charge on any atom is 0.248 e. The van der Waals surface area contributed by atoms with Crippen molar-refractivity contribution in [3.63, 3.8) is 0 Å². The summed E-state index contributed by atoms with van der Waals surface area (Å²) in [6, 6.07) is 6.36. The number of benzene rings is 1. The van der Waals surface area contributed by atoms with Gasteiger partial charge in [0.25, 0.3) is 0 Å². The van der Waals surface area contributed by atoms with Gasteiger partial charge in [0.1, 0.15) is 0 Å². The van der Waals surface area contributed by atoms with Crippen molar-refractivity contribution in [2.24, 2.45) is 11.7 Å².